The van der Waals surface area contributed by atoms with E-state index in [2.05, 4.69) is 14.9 Å². The molecule has 1 heterocycles. The third-order valence-corrected chi connectivity index (χ3v) is 3.67. The molecule has 1 fully saturated rings. The van der Waals surface area contributed by atoms with Gasteiger partial charge in [0.2, 0.25) is 0 Å². The second-order valence-electron chi connectivity index (χ2n) is 4.30. The molecule has 1 aromatic heterocycles. The summed E-state index contributed by atoms with van der Waals surface area (Å²) >= 11 is 6.09. The van der Waals surface area contributed by atoms with Gasteiger partial charge in [-0.1, -0.05) is 18.0 Å². The van der Waals surface area contributed by atoms with E-state index in [9.17, 15) is 0 Å². The lowest BCUT2D eigenvalue weighted by molar-refractivity contribution is 0.472. The summed E-state index contributed by atoms with van der Waals surface area (Å²) in [5.41, 5.74) is 5.79. The maximum absolute atomic E-state index is 6.09. The van der Waals surface area contributed by atoms with Crippen LogP contribution in [0.5, 0.6) is 0 Å². The number of aromatic nitrogens is 2. The molecule has 4 nitrogen and oxygen atoms in total. The minimum atomic E-state index is 0.456. The summed E-state index contributed by atoms with van der Waals surface area (Å²) in [5.74, 6) is 1.36. The van der Waals surface area contributed by atoms with E-state index >= 15 is 0 Å². The quantitative estimate of drug-likeness (QED) is 0.874. The highest BCUT2D eigenvalue weighted by molar-refractivity contribution is 6.32. The molecular weight excluding hydrogens is 224 g/mol. The first kappa shape index (κ1) is 11.6. The largest absolute Gasteiger partial charge is 0.355 e. The van der Waals surface area contributed by atoms with Crippen molar-refractivity contribution >= 4 is 17.4 Å². The maximum Gasteiger partial charge on any atom is 0.150 e. The van der Waals surface area contributed by atoms with Crippen LogP contribution in [0.25, 0.3) is 0 Å². The molecule has 0 aliphatic heterocycles. The summed E-state index contributed by atoms with van der Waals surface area (Å²) < 4.78 is 0. The molecule has 1 aliphatic rings. The Labute approximate surface area is 101 Å². The number of halogens is 1. The van der Waals surface area contributed by atoms with Gasteiger partial charge >= 0.3 is 0 Å². The van der Waals surface area contributed by atoms with Crippen LogP contribution in [0.3, 0.4) is 0 Å². The van der Waals surface area contributed by atoms with Crippen molar-refractivity contribution in [1.82, 2.24) is 9.97 Å². The van der Waals surface area contributed by atoms with Crippen molar-refractivity contribution in [3.8, 4) is 0 Å². The fourth-order valence-electron chi connectivity index (χ4n) is 2.52. The molecule has 2 N–H and O–H groups in total. The van der Waals surface area contributed by atoms with E-state index in [1.807, 2.05) is 7.05 Å². The molecule has 0 bridgehead atoms. The van der Waals surface area contributed by atoms with E-state index in [0.717, 1.165) is 12.4 Å². The summed E-state index contributed by atoms with van der Waals surface area (Å²) in [6.45, 7) is 0.734. The molecule has 1 saturated carbocycles. The van der Waals surface area contributed by atoms with E-state index in [4.69, 9.17) is 17.3 Å². The molecular formula is C11H17ClN4. The van der Waals surface area contributed by atoms with Gasteiger partial charge in [0.15, 0.2) is 5.82 Å². The maximum atomic E-state index is 6.09. The van der Waals surface area contributed by atoms with Gasteiger partial charge in [0.25, 0.3) is 0 Å². The topological polar surface area (TPSA) is 55.0 Å². The second kappa shape index (κ2) is 4.97. The molecule has 0 spiro atoms. The van der Waals surface area contributed by atoms with Crippen molar-refractivity contribution in [1.29, 1.82) is 0 Å². The number of rotatable bonds is 3. The SMILES string of the molecule is CN(c1ncncc1Cl)C1CCCC1CN. The van der Waals surface area contributed by atoms with Gasteiger partial charge in [-0.15, -0.1) is 0 Å². The molecule has 0 amide bonds. The van der Waals surface area contributed by atoms with Crippen LogP contribution in [0.2, 0.25) is 5.02 Å². The molecule has 88 valence electrons. The second-order valence-corrected chi connectivity index (χ2v) is 4.71. The minimum Gasteiger partial charge on any atom is -0.355 e. The van der Waals surface area contributed by atoms with Gasteiger partial charge in [-0.2, -0.15) is 0 Å². The zero-order chi connectivity index (χ0) is 11.5. The van der Waals surface area contributed by atoms with Crippen molar-refractivity contribution in [2.75, 3.05) is 18.5 Å². The van der Waals surface area contributed by atoms with E-state index in [-0.39, 0.29) is 0 Å². The van der Waals surface area contributed by atoms with Crippen LogP contribution < -0.4 is 10.6 Å². The van der Waals surface area contributed by atoms with Gasteiger partial charge in [-0.3, -0.25) is 0 Å². The van der Waals surface area contributed by atoms with Crippen LogP contribution in [0.4, 0.5) is 5.82 Å². The number of nitrogens with two attached hydrogens (primary N) is 1. The summed E-state index contributed by atoms with van der Waals surface area (Å²) in [5, 5.41) is 0.604. The summed E-state index contributed by atoms with van der Waals surface area (Å²) in [4.78, 5) is 10.3. The monoisotopic (exact) mass is 240 g/mol. The molecule has 2 atom stereocenters. The lowest BCUT2D eigenvalue weighted by atomic mass is 10.0. The Balaban J connectivity index is 2.18. The standard InChI is InChI=1S/C11H17ClN4/c1-16(10-4-2-3-8(10)5-13)11-9(12)6-14-7-15-11/h6-8,10H,2-5,13H2,1H3. The van der Waals surface area contributed by atoms with Crippen molar-refractivity contribution in [3.63, 3.8) is 0 Å². The Morgan fingerprint density at radius 1 is 1.56 bits per heavy atom. The summed E-state index contributed by atoms with van der Waals surface area (Å²) in [7, 11) is 2.03. The highest BCUT2D eigenvalue weighted by Gasteiger charge is 2.30. The Morgan fingerprint density at radius 3 is 3.06 bits per heavy atom. The lowest BCUT2D eigenvalue weighted by Crippen LogP contribution is -2.38. The number of anilines is 1. The van der Waals surface area contributed by atoms with E-state index in [0.29, 0.717) is 17.0 Å². The predicted octanol–water partition coefficient (Wildman–Crippen LogP) is 1.69. The average molecular weight is 241 g/mol. The van der Waals surface area contributed by atoms with Crippen molar-refractivity contribution < 1.29 is 0 Å². The van der Waals surface area contributed by atoms with Gasteiger partial charge < -0.3 is 10.6 Å². The third-order valence-electron chi connectivity index (χ3n) is 3.40. The van der Waals surface area contributed by atoms with Crippen LogP contribution >= 0.6 is 11.6 Å². The number of hydrogen-bond donors (Lipinski definition) is 1. The first-order valence-electron chi connectivity index (χ1n) is 5.62. The predicted molar refractivity (Wildman–Crippen MR) is 65.6 cm³/mol. The molecule has 1 aliphatic carbocycles. The van der Waals surface area contributed by atoms with Gasteiger partial charge in [-0.25, -0.2) is 9.97 Å². The number of hydrogen-bond acceptors (Lipinski definition) is 4. The van der Waals surface area contributed by atoms with Crippen LogP contribution in [-0.2, 0) is 0 Å². The molecule has 0 saturated heterocycles. The van der Waals surface area contributed by atoms with Crippen molar-refractivity contribution in [2.45, 2.75) is 25.3 Å². The minimum absolute atomic E-state index is 0.456. The Hall–Kier alpha value is -0.870. The van der Waals surface area contributed by atoms with Gasteiger partial charge in [0.05, 0.1) is 6.20 Å². The number of nitrogens with zero attached hydrogens (tertiary/aromatic N) is 3. The first-order chi connectivity index (χ1) is 7.74. The summed E-state index contributed by atoms with van der Waals surface area (Å²) in [6.07, 6.45) is 6.77. The molecule has 2 rings (SSSR count). The molecule has 5 heteroatoms. The third kappa shape index (κ3) is 2.13. The van der Waals surface area contributed by atoms with Gasteiger partial charge in [-0.05, 0) is 25.3 Å². The van der Waals surface area contributed by atoms with E-state index in [1.54, 1.807) is 6.20 Å². The van der Waals surface area contributed by atoms with Crippen molar-refractivity contribution in [2.24, 2.45) is 11.7 Å². The molecule has 1 aromatic rings. The zero-order valence-corrected chi connectivity index (χ0v) is 10.2. The van der Waals surface area contributed by atoms with Crippen LogP contribution in [0.1, 0.15) is 19.3 Å². The molecule has 2 unspecified atom stereocenters. The summed E-state index contributed by atoms with van der Waals surface area (Å²) in [6, 6.07) is 0.456. The molecule has 0 radical (unpaired) electrons. The highest BCUT2D eigenvalue weighted by Crippen LogP contribution is 2.32. The normalized spacial score (nSPS) is 24.7. The Morgan fingerprint density at radius 2 is 2.38 bits per heavy atom. The average Bonchev–Trinajstić information content (AvgIpc) is 2.77. The molecule has 16 heavy (non-hydrogen) atoms. The Kier molecular flexibility index (Phi) is 3.61. The van der Waals surface area contributed by atoms with Crippen molar-refractivity contribution in [3.05, 3.63) is 17.5 Å². The lowest BCUT2D eigenvalue weighted by Gasteiger charge is -2.30. The smallest absolute Gasteiger partial charge is 0.150 e. The molecule has 0 aromatic carbocycles. The fourth-order valence-corrected chi connectivity index (χ4v) is 2.76. The van der Waals surface area contributed by atoms with Crippen LogP contribution in [0, 0.1) is 5.92 Å². The Bertz CT molecular complexity index is 358. The fraction of sp³-hybridized carbons (Fsp3) is 0.636. The van der Waals surface area contributed by atoms with Crippen LogP contribution in [-0.4, -0.2) is 29.6 Å². The van der Waals surface area contributed by atoms with E-state index in [1.165, 1.54) is 25.6 Å². The van der Waals surface area contributed by atoms with Gasteiger partial charge in [0, 0.05) is 13.1 Å². The van der Waals surface area contributed by atoms with Gasteiger partial charge in [0.1, 0.15) is 11.3 Å². The zero-order valence-electron chi connectivity index (χ0n) is 9.43. The van der Waals surface area contributed by atoms with Crippen LogP contribution in [0.15, 0.2) is 12.5 Å². The first-order valence-corrected chi connectivity index (χ1v) is 6.00. The van der Waals surface area contributed by atoms with E-state index < -0.39 is 0 Å². The highest BCUT2D eigenvalue weighted by atomic mass is 35.5.